The van der Waals surface area contributed by atoms with Crippen molar-refractivity contribution in [1.82, 2.24) is 14.8 Å². The molecule has 0 radical (unpaired) electrons. The summed E-state index contributed by atoms with van der Waals surface area (Å²) in [6.07, 6.45) is 2.75. The molecule has 0 aliphatic rings. The molecule has 2 atom stereocenters. The second kappa shape index (κ2) is 5.59. The first kappa shape index (κ1) is 13.8. The number of ether oxygens (including phenoxy) is 1. The van der Waals surface area contributed by atoms with Crippen molar-refractivity contribution in [2.45, 2.75) is 32.1 Å². The molecule has 0 saturated heterocycles. The third kappa shape index (κ3) is 2.88. The lowest BCUT2D eigenvalue weighted by Crippen LogP contribution is -2.47. The smallest absolute Gasteiger partial charge is 0.226 e. The number of nitrogens with zero attached hydrogens (tertiary/aromatic N) is 3. The van der Waals surface area contributed by atoms with E-state index >= 15 is 0 Å². The van der Waals surface area contributed by atoms with Gasteiger partial charge in [0.2, 0.25) is 5.72 Å². The fourth-order valence-electron chi connectivity index (χ4n) is 1.82. The lowest BCUT2D eigenvalue weighted by Gasteiger charge is -2.34. The first-order valence-corrected chi connectivity index (χ1v) is 6.42. The molecule has 102 valence electrons. The Morgan fingerprint density at radius 1 is 1.42 bits per heavy atom. The van der Waals surface area contributed by atoms with Crippen LogP contribution in [0.2, 0.25) is 5.02 Å². The highest BCUT2D eigenvalue weighted by molar-refractivity contribution is 6.30. The molecule has 1 aromatic carbocycles. The van der Waals surface area contributed by atoms with Gasteiger partial charge in [0.25, 0.3) is 0 Å². The molecule has 1 N–H and O–H groups in total. The molecule has 19 heavy (non-hydrogen) atoms. The summed E-state index contributed by atoms with van der Waals surface area (Å²) in [4.78, 5) is 3.90. The molecule has 0 spiro atoms. The van der Waals surface area contributed by atoms with Gasteiger partial charge in [0, 0.05) is 5.02 Å². The first-order chi connectivity index (χ1) is 9.06. The first-order valence-electron chi connectivity index (χ1n) is 6.04. The average Bonchev–Trinajstić information content (AvgIpc) is 2.95. The summed E-state index contributed by atoms with van der Waals surface area (Å²) in [5.74, 6) is 0.606. The number of hydrogen-bond acceptors (Lipinski definition) is 4. The van der Waals surface area contributed by atoms with Crippen molar-refractivity contribution in [3.63, 3.8) is 0 Å². The molecule has 2 unspecified atom stereocenters. The van der Waals surface area contributed by atoms with E-state index < -0.39 is 11.8 Å². The van der Waals surface area contributed by atoms with Crippen LogP contribution in [0.25, 0.3) is 0 Å². The molecular weight excluding hydrogens is 266 g/mol. The monoisotopic (exact) mass is 281 g/mol. The minimum atomic E-state index is -1.01. The van der Waals surface area contributed by atoms with E-state index in [1.807, 2.05) is 6.92 Å². The van der Waals surface area contributed by atoms with Crippen LogP contribution in [0, 0.1) is 0 Å². The third-order valence-electron chi connectivity index (χ3n) is 3.02. The second-order valence-electron chi connectivity index (χ2n) is 4.37. The van der Waals surface area contributed by atoms with Gasteiger partial charge in [-0.05, 0) is 37.6 Å². The Hall–Kier alpha value is -1.59. The Morgan fingerprint density at radius 3 is 2.63 bits per heavy atom. The zero-order valence-corrected chi connectivity index (χ0v) is 11.6. The highest BCUT2D eigenvalue weighted by Crippen LogP contribution is 2.27. The van der Waals surface area contributed by atoms with Crippen LogP contribution in [-0.2, 0) is 5.72 Å². The summed E-state index contributed by atoms with van der Waals surface area (Å²) in [5.41, 5.74) is -1.01. The predicted octanol–water partition coefficient (Wildman–Crippen LogP) is 2.45. The number of aliphatic hydroxyl groups is 1. The van der Waals surface area contributed by atoms with Crippen LogP contribution in [0.5, 0.6) is 5.75 Å². The Labute approximate surface area is 116 Å². The number of aliphatic hydroxyl groups excluding tert-OH is 1. The number of hydrogen-bond donors (Lipinski definition) is 1. The molecule has 0 aliphatic carbocycles. The summed E-state index contributed by atoms with van der Waals surface area (Å²) >= 11 is 5.84. The molecule has 0 saturated carbocycles. The van der Waals surface area contributed by atoms with E-state index in [0.717, 1.165) is 0 Å². The van der Waals surface area contributed by atoms with Gasteiger partial charge < -0.3 is 9.84 Å². The fraction of sp³-hybridized carbons (Fsp3) is 0.385. The number of halogens is 1. The molecule has 5 nitrogen and oxygen atoms in total. The van der Waals surface area contributed by atoms with Gasteiger partial charge in [-0.3, -0.25) is 0 Å². The average molecular weight is 282 g/mol. The van der Waals surface area contributed by atoms with Gasteiger partial charge in [0.1, 0.15) is 24.5 Å². The molecule has 0 amide bonds. The highest BCUT2D eigenvalue weighted by atomic mass is 35.5. The molecule has 2 aromatic rings. The van der Waals surface area contributed by atoms with Crippen LogP contribution in [0.1, 0.15) is 20.3 Å². The molecule has 1 heterocycles. The standard InChI is InChI=1S/C13H16ClN3O2/c1-3-12(18)13(2,17-9-15-8-16-17)19-11-6-4-10(14)5-7-11/h4-9,12,18H,3H2,1-2H3. The van der Waals surface area contributed by atoms with E-state index in [1.165, 1.54) is 17.3 Å². The van der Waals surface area contributed by atoms with Crippen molar-refractivity contribution in [1.29, 1.82) is 0 Å². The van der Waals surface area contributed by atoms with Crippen LogP contribution in [0.4, 0.5) is 0 Å². The molecule has 0 fully saturated rings. The van der Waals surface area contributed by atoms with Crippen LogP contribution in [0.15, 0.2) is 36.9 Å². The summed E-state index contributed by atoms with van der Waals surface area (Å²) in [5, 5.41) is 14.9. The van der Waals surface area contributed by atoms with E-state index in [-0.39, 0.29) is 0 Å². The maximum absolute atomic E-state index is 10.2. The minimum absolute atomic E-state index is 0.532. The summed E-state index contributed by atoms with van der Waals surface area (Å²) in [7, 11) is 0. The van der Waals surface area contributed by atoms with Crippen molar-refractivity contribution in [3.8, 4) is 5.75 Å². The van der Waals surface area contributed by atoms with E-state index in [2.05, 4.69) is 10.1 Å². The third-order valence-corrected chi connectivity index (χ3v) is 3.27. The van der Waals surface area contributed by atoms with Crippen LogP contribution < -0.4 is 4.74 Å². The van der Waals surface area contributed by atoms with Crippen molar-refractivity contribution in [3.05, 3.63) is 41.9 Å². The van der Waals surface area contributed by atoms with Crippen molar-refractivity contribution in [2.24, 2.45) is 0 Å². The van der Waals surface area contributed by atoms with Crippen molar-refractivity contribution < 1.29 is 9.84 Å². The Kier molecular flexibility index (Phi) is 4.07. The van der Waals surface area contributed by atoms with Crippen LogP contribution >= 0.6 is 11.6 Å². The van der Waals surface area contributed by atoms with Gasteiger partial charge in [-0.15, -0.1) is 0 Å². The van der Waals surface area contributed by atoms with Crippen molar-refractivity contribution in [2.75, 3.05) is 0 Å². The van der Waals surface area contributed by atoms with Crippen LogP contribution in [-0.4, -0.2) is 26.0 Å². The maximum atomic E-state index is 10.2. The predicted molar refractivity (Wildman–Crippen MR) is 72.0 cm³/mol. The number of aromatic nitrogens is 3. The van der Waals surface area contributed by atoms with Crippen LogP contribution in [0.3, 0.4) is 0 Å². The van der Waals surface area contributed by atoms with E-state index in [4.69, 9.17) is 16.3 Å². The van der Waals surface area contributed by atoms with Crippen molar-refractivity contribution >= 4 is 11.6 Å². The van der Waals surface area contributed by atoms with E-state index in [1.54, 1.807) is 31.2 Å². The van der Waals surface area contributed by atoms with Gasteiger partial charge in [0.15, 0.2) is 0 Å². The summed E-state index contributed by atoms with van der Waals surface area (Å²) in [6, 6.07) is 6.97. The van der Waals surface area contributed by atoms with Gasteiger partial charge >= 0.3 is 0 Å². The van der Waals surface area contributed by atoms with Gasteiger partial charge in [0.05, 0.1) is 0 Å². The normalized spacial score (nSPS) is 15.8. The molecule has 2 rings (SSSR count). The quantitative estimate of drug-likeness (QED) is 0.914. The Bertz CT molecular complexity index is 515. The fourth-order valence-corrected chi connectivity index (χ4v) is 1.95. The zero-order chi connectivity index (χ0) is 13.9. The molecule has 0 aliphatic heterocycles. The number of benzene rings is 1. The highest BCUT2D eigenvalue weighted by Gasteiger charge is 2.37. The van der Waals surface area contributed by atoms with Gasteiger partial charge in [-0.2, -0.15) is 5.10 Å². The second-order valence-corrected chi connectivity index (χ2v) is 4.81. The zero-order valence-electron chi connectivity index (χ0n) is 10.8. The molecular formula is C13H16ClN3O2. The molecule has 1 aromatic heterocycles. The molecule has 0 bridgehead atoms. The van der Waals surface area contributed by atoms with E-state index in [0.29, 0.717) is 17.2 Å². The lowest BCUT2D eigenvalue weighted by atomic mass is 10.1. The Morgan fingerprint density at radius 2 is 2.11 bits per heavy atom. The number of rotatable bonds is 5. The largest absolute Gasteiger partial charge is 0.464 e. The summed E-state index contributed by atoms with van der Waals surface area (Å²) in [6.45, 7) is 3.65. The minimum Gasteiger partial charge on any atom is -0.464 e. The maximum Gasteiger partial charge on any atom is 0.226 e. The molecule has 6 heteroatoms. The topological polar surface area (TPSA) is 60.2 Å². The van der Waals surface area contributed by atoms with Gasteiger partial charge in [-0.1, -0.05) is 18.5 Å². The SMILES string of the molecule is CCC(O)C(C)(Oc1ccc(Cl)cc1)n1cncn1. The summed E-state index contributed by atoms with van der Waals surface area (Å²) < 4.78 is 7.42. The lowest BCUT2D eigenvalue weighted by molar-refractivity contribution is -0.109. The van der Waals surface area contributed by atoms with E-state index in [9.17, 15) is 5.11 Å². The van der Waals surface area contributed by atoms with Gasteiger partial charge in [-0.25, -0.2) is 9.67 Å². The Balaban J connectivity index is 2.31.